The summed E-state index contributed by atoms with van der Waals surface area (Å²) >= 11 is 0. The number of ether oxygens (including phenoxy) is 4. The molecule has 0 radical (unpaired) electrons. The summed E-state index contributed by atoms with van der Waals surface area (Å²) in [7, 11) is 1.96. The maximum absolute atomic E-state index is 13.5. The number of carbonyl (C=O) groups is 4. The minimum atomic E-state index is -1.74. The Morgan fingerprint density at radius 2 is 1.86 bits per heavy atom. The van der Waals surface area contributed by atoms with Gasteiger partial charge in [-0.3, -0.25) is 9.59 Å². The molecule has 2 unspecified atom stereocenters. The van der Waals surface area contributed by atoms with Crippen LogP contribution in [0.5, 0.6) is 5.75 Å². The first-order chi connectivity index (χ1) is 21.0. The molecule has 1 fully saturated rings. The Balaban J connectivity index is 1.28. The Kier molecular flexibility index (Phi) is 7.47. The lowest BCUT2D eigenvalue weighted by Crippen LogP contribution is -2.74. The van der Waals surface area contributed by atoms with Crippen molar-refractivity contribution < 1.29 is 53.4 Å². The molecule has 0 aromatic heterocycles. The van der Waals surface area contributed by atoms with Gasteiger partial charge in [0, 0.05) is 36.1 Å². The number of likely N-dealkylation sites (N-methyl/N-ethyl adjacent to an activating group) is 1. The zero-order valence-corrected chi connectivity index (χ0v) is 24.2. The van der Waals surface area contributed by atoms with Crippen LogP contribution in [-0.4, -0.2) is 81.5 Å². The molecule has 0 amide bonds. The van der Waals surface area contributed by atoms with E-state index in [1.165, 1.54) is 12.1 Å². The highest BCUT2D eigenvalue weighted by Crippen LogP contribution is 2.64. The number of esters is 3. The Bertz CT molecular complexity index is 1550. The topological polar surface area (TPSA) is 169 Å². The summed E-state index contributed by atoms with van der Waals surface area (Å²) < 4.78 is 22.5. The predicted molar refractivity (Wildman–Crippen MR) is 150 cm³/mol. The van der Waals surface area contributed by atoms with Gasteiger partial charge in [0.25, 0.3) is 0 Å². The molecule has 2 aliphatic heterocycles. The molecule has 44 heavy (non-hydrogen) atoms. The zero-order valence-electron chi connectivity index (χ0n) is 24.2. The molecule has 12 heteroatoms. The molecule has 2 aliphatic carbocycles. The molecule has 2 aromatic rings. The third kappa shape index (κ3) is 4.56. The molecule has 6 atom stereocenters. The number of piperidine rings is 1. The predicted octanol–water partition coefficient (Wildman–Crippen LogP) is 1.69. The third-order valence-corrected chi connectivity index (χ3v) is 9.34. The van der Waals surface area contributed by atoms with E-state index in [2.05, 4.69) is 4.90 Å². The molecule has 6 rings (SSSR count). The van der Waals surface area contributed by atoms with Gasteiger partial charge in [-0.15, -0.1) is 0 Å². The van der Waals surface area contributed by atoms with Gasteiger partial charge in [-0.25, -0.2) is 9.59 Å². The highest BCUT2D eigenvalue weighted by Gasteiger charge is 2.72. The van der Waals surface area contributed by atoms with Gasteiger partial charge in [0.15, 0.2) is 6.10 Å². The van der Waals surface area contributed by atoms with Crippen LogP contribution in [0.25, 0.3) is 0 Å². The average molecular weight is 608 g/mol. The number of hydrogen-bond acceptors (Lipinski definition) is 11. The lowest BCUT2D eigenvalue weighted by molar-refractivity contribution is -0.179. The number of aliphatic hydroxyl groups is 2. The standard InChI is InChI=1S/C32H33NO11/c1-17(35)41-22(15-24(36)43-27(29(37)38)18-6-4-3-5-7-18)30(39)42-21-10-11-32(40)23-14-19-8-9-20(16-34)26-25(19)31(32,28(21)44-26)12-13-33(23)2/h3-10,22-23,27-28,34,40H,11-16H2,1-2H3,(H,37,38)/t22-,23+,27-,28?,31?,32+/m0/s1. The SMILES string of the molecule is CC(=O)O[C@@H](CC(=O)O[C@H](C(=O)O)c1ccccc1)C(=O)OC1=CC[C@@]2(O)[C@H]3Cc4ccc(CO)c5c4C2(CCN3C)C1O5. The van der Waals surface area contributed by atoms with Gasteiger partial charge in [0.1, 0.15) is 11.5 Å². The van der Waals surface area contributed by atoms with E-state index < -0.39 is 59.6 Å². The van der Waals surface area contributed by atoms with Crippen molar-refractivity contribution in [2.45, 2.75) is 74.6 Å². The number of carbonyl (C=O) groups excluding carboxylic acids is 3. The van der Waals surface area contributed by atoms with Crippen molar-refractivity contribution in [3.8, 4) is 5.75 Å². The second-order valence-electron chi connectivity index (χ2n) is 11.7. The van der Waals surface area contributed by atoms with Crippen LogP contribution in [0, 0.1) is 0 Å². The number of aliphatic hydroxyl groups excluding tert-OH is 1. The summed E-state index contributed by atoms with van der Waals surface area (Å²) in [5, 5.41) is 32.0. The summed E-state index contributed by atoms with van der Waals surface area (Å²) in [6, 6.07) is 11.3. The molecule has 2 aromatic carbocycles. The average Bonchev–Trinajstić information content (AvgIpc) is 3.35. The van der Waals surface area contributed by atoms with Crippen LogP contribution in [0.1, 0.15) is 54.5 Å². The number of likely N-dealkylation sites (tertiary alicyclic amines) is 1. The van der Waals surface area contributed by atoms with Crippen LogP contribution in [0.2, 0.25) is 0 Å². The fourth-order valence-corrected chi connectivity index (χ4v) is 7.41. The first-order valence-corrected chi connectivity index (χ1v) is 14.4. The molecule has 3 N–H and O–H groups in total. The minimum Gasteiger partial charge on any atom is -0.481 e. The first-order valence-electron chi connectivity index (χ1n) is 14.4. The van der Waals surface area contributed by atoms with Crippen LogP contribution in [0.4, 0.5) is 0 Å². The minimum absolute atomic E-state index is 0.0918. The quantitative estimate of drug-likeness (QED) is 0.279. The fraction of sp³-hybridized carbons (Fsp3) is 0.438. The van der Waals surface area contributed by atoms with Crippen molar-refractivity contribution in [2.24, 2.45) is 0 Å². The maximum atomic E-state index is 13.5. The number of aliphatic carboxylic acids is 1. The second kappa shape index (κ2) is 11.0. The molecule has 1 spiro atoms. The summed E-state index contributed by atoms with van der Waals surface area (Å²) in [4.78, 5) is 52.2. The zero-order chi connectivity index (χ0) is 31.4. The summed E-state index contributed by atoms with van der Waals surface area (Å²) in [6.45, 7) is 1.41. The highest BCUT2D eigenvalue weighted by atomic mass is 16.6. The summed E-state index contributed by atoms with van der Waals surface area (Å²) in [5.74, 6) is -3.91. The van der Waals surface area contributed by atoms with Crippen molar-refractivity contribution in [1.29, 1.82) is 0 Å². The van der Waals surface area contributed by atoms with E-state index in [1.54, 1.807) is 30.3 Å². The molecule has 2 bridgehead atoms. The van der Waals surface area contributed by atoms with Gasteiger partial charge < -0.3 is 39.2 Å². The van der Waals surface area contributed by atoms with Gasteiger partial charge >= 0.3 is 23.9 Å². The fourth-order valence-electron chi connectivity index (χ4n) is 7.41. The van der Waals surface area contributed by atoms with E-state index in [0.29, 0.717) is 30.7 Å². The molecule has 12 nitrogen and oxygen atoms in total. The van der Waals surface area contributed by atoms with Crippen molar-refractivity contribution in [2.75, 3.05) is 13.6 Å². The largest absolute Gasteiger partial charge is 0.481 e. The van der Waals surface area contributed by atoms with Gasteiger partial charge in [-0.05, 0) is 38.1 Å². The van der Waals surface area contributed by atoms with Crippen LogP contribution in [0.3, 0.4) is 0 Å². The normalized spacial score (nSPS) is 27.6. The van der Waals surface area contributed by atoms with Gasteiger partial charge in [0.2, 0.25) is 12.2 Å². The molecule has 232 valence electrons. The number of hydrogen-bond donors (Lipinski definition) is 3. The second-order valence-corrected chi connectivity index (χ2v) is 11.7. The monoisotopic (exact) mass is 607 g/mol. The summed E-state index contributed by atoms with van der Waals surface area (Å²) in [6.07, 6.45) is -2.31. The van der Waals surface area contributed by atoms with Crippen molar-refractivity contribution >= 4 is 23.9 Å². The molecule has 2 heterocycles. The van der Waals surface area contributed by atoms with E-state index in [9.17, 15) is 34.5 Å². The molecular formula is C32H33NO11. The van der Waals surface area contributed by atoms with Gasteiger partial charge in [-0.1, -0.05) is 42.5 Å². The molecular weight excluding hydrogens is 574 g/mol. The van der Waals surface area contributed by atoms with E-state index >= 15 is 0 Å². The van der Waals surface area contributed by atoms with Crippen molar-refractivity contribution in [3.05, 3.63) is 76.6 Å². The van der Waals surface area contributed by atoms with Crippen molar-refractivity contribution in [1.82, 2.24) is 4.90 Å². The summed E-state index contributed by atoms with van der Waals surface area (Å²) in [5.41, 5.74) is 0.328. The number of rotatable bonds is 9. The Morgan fingerprint density at radius 1 is 1.11 bits per heavy atom. The highest BCUT2D eigenvalue weighted by molar-refractivity contribution is 5.86. The van der Waals surface area contributed by atoms with Gasteiger partial charge in [0.05, 0.1) is 24.0 Å². The van der Waals surface area contributed by atoms with Crippen molar-refractivity contribution in [3.63, 3.8) is 0 Å². The van der Waals surface area contributed by atoms with E-state index in [-0.39, 0.29) is 30.4 Å². The molecule has 4 aliphatic rings. The van der Waals surface area contributed by atoms with E-state index in [4.69, 9.17) is 18.9 Å². The van der Waals surface area contributed by atoms with Gasteiger partial charge in [-0.2, -0.15) is 0 Å². The number of nitrogens with zero attached hydrogens (tertiary/aromatic N) is 1. The van der Waals surface area contributed by atoms with Crippen LogP contribution in [-0.2, 0) is 51.8 Å². The molecule has 0 saturated carbocycles. The smallest absolute Gasteiger partial charge is 0.353 e. The van der Waals surface area contributed by atoms with Crippen LogP contribution >= 0.6 is 0 Å². The lowest BCUT2D eigenvalue weighted by atomic mass is 9.50. The Labute approximate surface area is 252 Å². The maximum Gasteiger partial charge on any atom is 0.353 e. The number of carboxylic acids is 1. The lowest BCUT2D eigenvalue weighted by Gasteiger charge is -2.61. The molecule has 1 saturated heterocycles. The van der Waals surface area contributed by atoms with Crippen LogP contribution in [0.15, 0.2) is 54.3 Å². The third-order valence-electron chi connectivity index (χ3n) is 9.34. The first kappa shape index (κ1) is 29.8. The van der Waals surface area contributed by atoms with Crippen LogP contribution < -0.4 is 4.74 Å². The van der Waals surface area contributed by atoms with E-state index in [1.807, 2.05) is 13.1 Å². The van der Waals surface area contributed by atoms with E-state index in [0.717, 1.165) is 18.1 Å². The Hall–Kier alpha value is -4.26. The Morgan fingerprint density at radius 3 is 2.55 bits per heavy atom. The number of carboxylic acid groups (broad SMARTS) is 1. The number of benzene rings is 2.